The summed E-state index contributed by atoms with van der Waals surface area (Å²) in [5, 5.41) is 45.2. The Morgan fingerprint density at radius 2 is 0.826 bits per heavy atom. The lowest BCUT2D eigenvalue weighted by atomic mass is 10.1. The summed E-state index contributed by atoms with van der Waals surface area (Å²) >= 11 is 22.0. The molecule has 0 radical (unpaired) electrons. The maximum Gasteiger partial charge on any atom is 0.303 e. The number of carbonyl (C=O) groups is 4. The number of pyridine rings is 4. The number of hydrogen-bond donors (Lipinski definition) is 4. The van der Waals surface area contributed by atoms with Crippen molar-refractivity contribution in [3.05, 3.63) is 287 Å². The van der Waals surface area contributed by atoms with Gasteiger partial charge >= 0.3 is 23.9 Å². The summed E-state index contributed by atoms with van der Waals surface area (Å²) in [7, 11) is 6.18. The van der Waals surface area contributed by atoms with Crippen molar-refractivity contribution >= 4 is 316 Å². The van der Waals surface area contributed by atoms with Gasteiger partial charge in [0.1, 0.15) is 43.6 Å². The van der Waals surface area contributed by atoms with E-state index in [0.29, 0.717) is 12.8 Å². The summed E-state index contributed by atoms with van der Waals surface area (Å²) in [5.41, 5.74) is 10.8. The average molecular weight is 2510 g/mol. The second-order valence-electron chi connectivity index (χ2n) is 28.1. The van der Waals surface area contributed by atoms with E-state index in [9.17, 15) is 19.2 Å². The van der Waals surface area contributed by atoms with Gasteiger partial charge in [-0.25, -0.2) is 18.7 Å². The molecule has 0 aliphatic carbocycles. The van der Waals surface area contributed by atoms with Crippen molar-refractivity contribution in [3.63, 3.8) is 0 Å². The molecule has 16 rings (SSSR count). The lowest BCUT2D eigenvalue weighted by Gasteiger charge is -2.20. The lowest BCUT2D eigenvalue weighted by Crippen LogP contribution is -2.34. The van der Waals surface area contributed by atoms with E-state index in [2.05, 4.69) is 331 Å². The van der Waals surface area contributed by atoms with Crippen molar-refractivity contribution in [3.8, 4) is 0 Å². The molecule has 0 saturated carbocycles. The molecule has 0 bridgehead atoms. The largest absolute Gasteiger partial charge is 0.481 e. The Labute approximate surface area is 897 Å². The molecule has 17 nitrogen and oxygen atoms in total. The predicted molar refractivity (Wildman–Crippen MR) is 614 cm³/mol. The van der Waals surface area contributed by atoms with Gasteiger partial charge in [-0.15, -0.1) is 133 Å². The predicted octanol–water partition coefficient (Wildman–Crippen LogP) is 28.8. The van der Waals surface area contributed by atoms with Gasteiger partial charge in [0.25, 0.3) is 0 Å². The molecule has 0 atom stereocenters. The van der Waals surface area contributed by atoms with Crippen LogP contribution in [0.15, 0.2) is 271 Å². The molecule has 1 aliphatic heterocycles. The molecular weight excluding hydrogens is 2380 g/mol. The second-order valence-corrected chi connectivity index (χ2v) is 34.5. The fourth-order valence-corrected chi connectivity index (χ4v) is 17.6. The van der Waals surface area contributed by atoms with Crippen LogP contribution in [0, 0.1) is 20.8 Å². The van der Waals surface area contributed by atoms with E-state index in [1.807, 2.05) is 84.8 Å². The van der Waals surface area contributed by atoms with Crippen LogP contribution in [0.25, 0.3) is 80.3 Å². The van der Waals surface area contributed by atoms with Crippen LogP contribution in [0.1, 0.15) is 141 Å². The third-order valence-corrected chi connectivity index (χ3v) is 24.3. The van der Waals surface area contributed by atoms with Gasteiger partial charge < -0.3 is 30.2 Å². The molecule has 8 heterocycles. The van der Waals surface area contributed by atoms with E-state index < -0.39 is 23.9 Å². The smallest absolute Gasteiger partial charge is 0.303 e. The first kappa shape index (κ1) is 130. The summed E-state index contributed by atoms with van der Waals surface area (Å²) in [6, 6.07) is 81.0. The van der Waals surface area contributed by atoms with Crippen LogP contribution in [0.3, 0.4) is 0 Å². The Morgan fingerprint density at radius 3 is 1.27 bits per heavy atom. The third kappa shape index (κ3) is 45.6. The number of carboxylic acid groups (broad SMARTS) is 4. The molecule has 30 heteroatoms. The zero-order valence-corrected chi connectivity index (χ0v) is 93.0. The molecule has 0 saturated heterocycles. The van der Waals surface area contributed by atoms with E-state index in [1.54, 1.807) is 45.8 Å². The fraction of sp³-hybridized carbons (Fsp3) is 0.324. The van der Waals surface area contributed by atoms with Crippen molar-refractivity contribution in [1.82, 2.24) is 14.9 Å². The molecular formula is C102H135Br4Cl2I3N9O8S4+5. The number of thioether (sulfide) groups is 1. The maximum atomic E-state index is 10.8. The normalized spacial score (nSPS) is 10.4. The number of unbranched alkanes of at least 4 members (excludes halogenated alkanes) is 4. The van der Waals surface area contributed by atoms with Crippen molar-refractivity contribution in [2.24, 2.45) is 21.1 Å². The van der Waals surface area contributed by atoms with Gasteiger partial charge in [-0.3, -0.25) is 24.2 Å². The molecule has 1 aliphatic rings. The summed E-state index contributed by atoms with van der Waals surface area (Å²) in [4.78, 5) is 58.0. The first-order valence-corrected chi connectivity index (χ1v) is 49.1. The number of aryl methyl sites for hydroxylation is 8. The molecule has 8 aromatic carbocycles. The number of benzene rings is 8. The fourth-order valence-electron chi connectivity index (χ4n) is 13.2. The average Bonchev–Trinajstić information content (AvgIpc) is 1.68. The van der Waals surface area contributed by atoms with Crippen molar-refractivity contribution in [2.45, 2.75) is 159 Å². The van der Waals surface area contributed by atoms with Crippen LogP contribution < -0.4 is 27.7 Å². The highest BCUT2D eigenvalue weighted by Crippen LogP contribution is 2.47. The highest BCUT2D eigenvalue weighted by molar-refractivity contribution is 14.1. The molecule has 718 valence electrons. The number of para-hydroxylation sites is 8. The Hall–Kier alpha value is -6.51. The minimum atomic E-state index is -0.726. The highest BCUT2D eigenvalue weighted by Gasteiger charge is 2.26. The van der Waals surface area contributed by atoms with Crippen LogP contribution in [-0.4, -0.2) is 101 Å². The number of hydrogen-bond acceptors (Lipinski definition) is 12. The van der Waals surface area contributed by atoms with Gasteiger partial charge in [-0.2, -0.15) is 9.13 Å². The zero-order valence-electron chi connectivity index (χ0n) is 74.7. The number of anilines is 1. The second kappa shape index (κ2) is 74.6. The molecule has 0 unspecified atom stereocenters. The highest BCUT2D eigenvalue weighted by atomic mass is 127. The SMILES string of the molecule is Br.Br.Br.C.C.C.CCN(CC)CC.CI.C[n+]1ccc(/C=C2\Sc3ccccc3N2CCCCC(=O)O)c2ccccc21.C[n+]1cccc2ccccc21.C[n+]1cccc2ccccc21.Cc1nc2ccccc2s1.Cc1sc2ccccc2[n+]1CCCCC(=O)O.Cc1sc2ccccc2[n+]1CCCCC(=O)O.ClCCl.I.I.O=C(O)CCCCBr.c1ccc2ncccc2c1. The molecule has 0 amide bonds. The van der Waals surface area contributed by atoms with Gasteiger partial charge in [0.05, 0.1) is 42.2 Å². The van der Waals surface area contributed by atoms with E-state index >= 15 is 0 Å². The number of aliphatic carboxylic acids is 4. The number of fused-ring (bicyclic) bond motifs is 8. The van der Waals surface area contributed by atoms with Crippen LogP contribution >= 0.6 is 206 Å². The van der Waals surface area contributed by atoms with Gasteiger partial charge in [0.15, 0.2) is 18.6 Å². The van der Waals surface area contributed by atoms with Gasteiger partial charge in [0, 0.05) is 140 Å². The molecule has 132 heavy (non-hydrogen) atoms. The van der Waals surface area contributed by atoms with Crippen molar-refractivity contribution in [2.75, 3.05) is 46.7 Å². The number of aromatic nitrogens is 7. The maximum absolute atomic E-state index is 10.8. The van der Waals surface area contributed by atoms with Crippen LogP contribution in [0.2, 0.25) is 0 Å². The summed E-state index contributed by atoms with van der Waals surface area (Å²) < 4.78 is 14.8. The molecule has 15 aromatic rings. The van der Waals surface area contributed by atoms with E-state index in [4.69, 9.17) is 43.6 Å². The Balaban J connectivity index is -0.00000144. The number of thiazole rings is 3. The monoisotopic (exact) mass is 2510 g/mol. The van der Waals surface area contributed by atoms with E-state index in [-0.39, 0.29) is 146 Å². The number of carboxylic acids is 4. The van der Waals surface area contributed by atoms with Gasteiger partial charge in [-0.1, -0.05) is 225 Å². The van der Waals surface area contributed by atoms with Gasteiger partial charge in [0.2, 0.25) is 37.6 Å². The number of nitrogens with zero attached hydrogens (tertiary/aromatic N) is 9. The van der Waals surface area contributed by atoms with Gasteiger partial charge in [-0.05, 0) is 161 Å². The molecule has 0 fully saturated rings. The number of alkyl halides is 4. The van der Waals surface area contributed by atoms with E-state index in [1.165, 1.54) is 114 Å². The Bertz CT molecular complexity index is 5520. The van der Waals surface area contributed by atoms with E-state index in [0.717, 1.165) is 86.0 Å². The number of rotatable bonds is 23. The summed E-state index contributed by atoms with van der Waals surface area (Å²) in [6.07, 6.45) is 17.9. The zero-order chi connectivity index (χ0) is 90.0. The van der Waals surface area contributed by atoms with Crippen molar-refractivity contribution < 1.29 is 62.4 Å². The third-order valence-electron chi connectivity index (χ3n) is 19.5. The minimum absolute atomic E-state index is 0. The van der Waals surface area contributed by atoms with Crippen molar-refractivity contribution in [1.29, 1.82) is 0 Å². The van der Waals surface area contributed by atoms with Crippen LogP contribution in [-0.2, 0) is 53.4 Å². The first-order chi connectivity index (χ1) is 60.1. The summed E-state index contributed by atoms with van der Waals surface area (Å²) in [6.45, 7) is 19.0. The Morgan fingerprint density at radius 1 is 0.447 bits per heavy atom. The summed E-state index contributed by atoms with van der Waals surface area (Å²) in [5.74, 6) is -2.84. The van der Waals surface area contributed by atoms with Crippen LogP contribution in [0.4, 0.5) is 5.69 Å². The standard InChI is InChI=1S/C23H22N2O2S.2C13H15NO2S.2C10H10N.C9H7N.C8H7NS.C6H15N.C5H9BrO2.CH2Cl2.CH3I.3CH4.3BrH.2HI/c1-24-15-13-17(18-8-2-3-9-19(18)24)16-22-25(14-7-6-12-23(26)27)20-10-4-5-11-21(20)28-22;2*1-10-14(9-5-4-8-13(15)16)11-6-2-3-7-12(11)17-10;2*1-11-8-4-6-9-5-2-3-7-10(9)11;1-2-6-9-8(4-1)5-3-7-10-9;1-6-9-7-4-2-3-5-8(7)10-6;1-4-7(5-2)6-3;6-4-2-1-3-5(7)8;2-1-3;1-2;;;;;;;;/h2-5,8-11,13,15-16H,6-7,12,14H2,1H3;2*2-3,6-7H,4-5,8-9H2,1H3;2*2-8H,1H3;1-7H;2-5H,1H3;4-6H2,1-3H3;1-4H2,(H,7,8);1H2;1H3;3*1H4;5*1H/q;;;2*+1;;;;;;;;;;;;;;/p+3. The first-order valence-electron chi connectivity index (χ1n) is 41.4. The topological polar surface area (TPSA) is 201 Å². The Kier molecular flexibility index (Phi) is 73.3. The minimum Gasteiger partial charge on any atom is -0.481 e. The quantitative estimate of drug-likeness (QED) is 0.0204. The molecule has 0 spiro atoms. The number of halogens is 9. The lowest BCUT2D eigenvalue weighted by molar-refractivity contribution is -0.673. The molecule has 4 N–H and O–H groups in total. The molecule has 7 aromatic heterocycles. The van der Waals surface area contributed by atoms with Crippen LogP contribution in [0.5, 0.6) is 0 Å².